The molecule has 0 bridgehead atoms. The lowest BCUT2D eigenvalue weighted by molar-refractivity contribution is -0.127. The van der Waals surface area contributed by atoms with Crippen LogP contribution in [0.4, 0.5) is 0 Å². The topological polar surface area (TPSA) is 41.6 Å². The van der Waals surface area contributed by atoms with Crippen LogP contribution in [0.15, 0.2) is 36.4 Å². The van der Waals surface area contributed by atoms with Gasteiger partial charge in [0.25, 0.3) is 0 Å². The summed E-state index contributed by atoms with van der Waals surface area (Å²) in [7, 11) is 1.68. The van der Waals surface area contributed by atoms with Gasteiger partial charge in [0, 0.05) is 12.5 Å². The Morgan fingerprint density at radius 1 is 1.17 bits per heavy atom. The van der Waals surface area contributed by atoms with Crippen LogP contribution in [0.2, 0.25) is 10.0 Å². The number of rotatable bonds is 7. The molecule has 0 radical (unpaired) electrons. The lowest BCUT2D eigenvalue weighted by Crippen LogP contribution is -2.41. The number of aryl methyl sites for hydroxylation is 1. The minimum atomic E-state index is 0.0244. The summed E-state index contributed by atoms with van der Waals surface area (Å²) in [4.78, 5) is 15.3. The van der Waals surface area contributed by atoms with Crippen LogP contribution in [0.25, 0.3) is 0 Å². The molecule has 1 fully saturated rings. The van der Waals surface area contributed by atoms with Gasteiger partial charge in [0.05, 0.1) is 23.2 Å². The van der Waals surface area contributed by atoms with Crippen molar-refractivity contribution in [1.29, 1.82) is 0 Å². The lowest BCUT2D eigenvalue weighted by atomic mass is 9.94. The molecule has 0 saturated carbocycles. The van der Waals surface area contributed by atoms with Gasteiger partial charge in [0.15, 0.2) is 0 Å². The Labute approximate surface area is 189 Å². The Morgan fingerprint density at radius 3 is 2.50 bits per heavy atom. The van der Waals surface area contributed by atoms with Crippen LogP contribution in [-0.4, -0.2) is 31.0 Å². The third-order valence-corrected chi connectivity index (χ3v) is 6.63. The molecule has 1 amide bonds. The zero-order chi connectivity index (χ0) is 21.7. The molecule has 162 valence electrons. The van der Waals surface area contributed by atoms with Crippen molar-refractivity contribution in [3.8, 4) is 5.75 Å². The number of piperidine rings is 1. The van der Waals surface area contributed by atoms with Gasteiger partial charge in [0.2, 0.25) is 5.91 Å². The first kappa shape index (κ1) is 22.9. The highest BCUT2D eigenvalue weighted by molar-refractivity contribution is 6.42. The SMILES string of the molecule is CC[C@H](NC(=O)C1CCN(Cc2ccc(Cl)c(Cl)c2)CC1)c1ccc(OC)c(C)c1. The van der Waals surface area contributed by atoms with Crippen molar-refractivity contribution in [1.82, 2.24) is 10.2 Å². The van der Waals surface area contributed by atoms with Crippen LogP contribution in [0.3, 0.4) is 0 Å². The van der Waals surface area contributed by atoms with Gasteiger partial charge in [-0.05, 0) is 74.2 Å². The van der Waals surface area contributed by atoms with E-state index in [2.05, 4.69) is 23.2 Å². The summed E-state index contributed by atoms with van der Waals surface area (Å²) in [5, 5.41) is 4.43. The zero-order valence-electron chi connectivity index (χ0n) is 17.9. The molecule has 2 aromatic rings. The van der Waals surface area contributed by atoms with Gasteiger partial charge < -0.3 is 10.1 Å². The average molecular weight is 449 g/mol. The molecule has 0 aliphatic carbocycles. The van der Waals surface area contributed by atoms with Gasteiger partial charge in [-0.3, -0.25) is 9.69 Å². The Hall–Kier alpha value is -1.75. The molecule has 1 N–H and O–H groups in total. The molecule has 1 atom stereocenters. The molecule has 1 aliphatic rings. The van der Waals surface area contributed by atoms with Gasteiger partial charge in [-0.25, -0.2) is 0 Å². The van der Waals surface area contributed by atoms with Crippen LogP contribution in [-0.2, 0) is 11.3 Å². The van der Waals surface area contributed by atoms with Gasteiger partial charge in [-0.1, -0.05) is 48.3 Å². The Balaban J connectivity index is 1.53. The fourth-order valence-electron chi connectivity index (χ4n) is 4.08. The Morgan fingerprint density at radius 2 is 1.90 bits per heavy atom. The number of hydrogen-bond donors (Lipinski definition) is 1. The highest BCUT2D eigenvalue weighted by Crippen LogP contribution is 2.27. The van der Waals surface area contributed by atoms with Crippen molar-refractivity contribution >= 4 is 29.1 Å². The molecular formula is C24H30Cl2N2O2. The molecular weight excluding hydrogens is 419 g/mol. The number of benzene rings is 2. The molecule has 2 aromatic carbocycles. The van der Waals surface area contributed by atoms with Gasteiger partial charge in [0.1, 0.15) is 5.75 Å². The fourth-order valence-corrected chi connectivity index (χ4v) is 4.40. The van der Waals surface area contributed by atoms with E-state index in [4.69, 9.17) is 27.9 Å². The van der Waals surface area contributed by atoms with E-state index in [1.54, 1.807) is 7.11 Å². The number of halogens is 2. The molecule has 30 heavy (non-hydrogen) atoms. The smallest absolute Gasteiger partial charge is 0.223 e. The number of hydrogen-bond acceptors (Lipinski definition) is 3. The second kappa shape index (κ2) is 10.5. The van der Waals surface area contributed by atoms with E-state index >= 15 is 0 Å². The maximum atomic E-state index is 12.9. The molecule has 1 aliphatic heterocycles. The molecule has 6 heteroatoms. The minimum absolute atomic E-state index is 0.0244. The van der Waals surface area contributed by atoms with Crippen LogP contribution in [0, 0.1) is 12.8 Å². The van der Waals surface area contributed by atoms with Gasteiger partial charge in [-0.15, -0.1) is 0 Å². The number of nitrogens with zero attached hydrogens (tertiary/aromatic N) is 1. The third kappa shape index (κ3) is 5.69. The second-order valence-electron chi connectivity index (χ2n) is 8.00. The fraction of sp³-hybridized carbons (Fsp3) is 0.458. The molecule has 0 unspecified atom stereocenters. The highest BCUT2D eigenvalue weighted by Gasteiger charge is 2.26. The van der Waals surface area contributed by atoms with Crippen molar-refractivity contribution in [2.45, 2.75) is 45.7 Å². The summed E-state index contributed by atoms with van der Waals surface area (Å²) >= 11 is 12.1. The zero-order valence-corrected chi connectivity index (χ0v) is 19.4. The standard InChI is InChI=1S/C24H30Cl2N2O2/c1-4-22(19-6-8-23(30-3)16(2)13-19)27-24(29)18-9-11-28(12-10-18)15-17-5-7-20(25)21(26)14-17/h5-8,13-14,18,22H,4,9-12,15H2,1-3H3,(H,27,29)/t22-/m0/s1. The molecule has 0 aromatic heterocycles. The van der Waals surface area contributed by atoms with Gasteiger partial charge >= 0.3 is 0 Å². The minimum Gasteiger partial charge on any atom is -0.496 e. The number of likely N-dealkylation sites (tertiary alicyclic amines) is 1. The lowest BCUT2D eigenvalue weighted by Gasteiger charge is -2.32. The van der Waals surface area contributed by atoms with Crippen molar-refractivity contribution < 1.29 is 9.53 Å². The number of carbonyl (C=O) groups excluding carboxylic acids is 1. The molecule has 0 spiro atoms. The quantitative estimate of drug-likeness (QED) is 0.582. The van der Waals surface area contributed by atoms with Crippen LogP contribution in [0.1, 0.15) is 48.9 Å². The maximum Gasteiger partial charge on any atom is 0.223 e. The predicted octanol–water partition coefficient (Wildman–Crippen LogP) is 5.79. The number of amides is 1. The van der Waals surface area contributed by atoms with Crippen LogP contribution in [0.5, 0.6) is 5.75 Å². The van der Waals surface area contributed by atoms with Gasteiger partial charge in [-0.2, -0.15) is 0 Å². The first-order valence-corrected chi connectivity index (χ1v) is 11.3. The van der Waals surface area contributed by atoms with Crippen molar-refractivity contribution in [2.75, 3.05) is 20.2 Å². The van der Waals surface area contributed by atoms with Crippen molar-refractivity contribution in [2.24, 2.45) is 5.92 Å². The summed E-state index contributed by atoms with van der Waals surface area (Å²) in [6.07, 6.45) is 2.59. The largest absolute Gasteiger partial charge is 0.496 e. The van der Waals surface area contributed by atoms with E-state index in [9.17, 15) is 4.79 Å². The molecule has 1 saturated heterocycles. The first-order chi connectivity index (χ1) is 14.4. The third-order valence-electron chi connectivity index (χ3n) is 5.89. The van der Waals surface area contributed by atoms with E-state index < -0.39 is 0 Å². The Kier molecular flexibility index (Phi) is 8.04. The first-order valence-electron chi connectivity index (χ1n) is 10.5. The van der Waals surface area contributed by atoms with Crippen LogP contribution >= 0.6 is 23.2 Å². The predicted molar refractivity (Wildman–Crippen MR) is 123 cm³/mol. The second-order valence-corrected chi connectivity index (χ2v) is 8.81. The van der Waals surface area contributed by atoms with E-state index in [0.717, 1.165) is 61.3 Å². The molecule has 3 rings (SSSR count). The Bertz CT molecular complexity index is 880. The maximum absolute atomic E-state index is 12.9. The normalized spacial score (nSPS) is 16.3. The summed E-state index contributed by atoms with van der Waals surface area (Å²) < 4.78 is 5.35. The van der Waals surface area contributed by atoms with E-state index in [1.165, 1.54) is 0 Å². The molecule has 1 heterocycles. The summed E-state index contributed by atoms with van der Waals surface area (Å²) in [6.45, 7) is 6.76. The molecule has 4 nitrogen and oxygen atoms in total. The van der Waals surface area contributed by atoms with E-state index in [1.807, 2.05) is 37.3 Å². The van der Waals surface area contributed by atoms with Crippen molar-refractivity contribution in [3.63, 3.8) is 0 Å². The monoisotopic (exact) mass is 448 g/mol. The highest BCUT2D eigenvalue weighted by atomic mass is 35.5. The number of ether oxygens (including phenoxy) is 1. The van der Waals surface area contributed by atoms with E-state index in [0.29, 0.717) is 10.0 Å². The van der Waals surface area contributed by atoms with Crippen LogP contribution < -0.4 is 10.1 Å². The summed E-state index contributed by atoms with van der Waals surface area (Å²) in [5.41, 5.74) is 3.35. The van der Waals surface area contributed by atoms with Crippen molar-refractivity contribution in [3.05, 3.63) is 63.1 Å². The average Bonchev–Trinajstić information content (AvgIpc) is 2.75. The number of nitrogens with one attached hydrogen (secondary N) is 1. The summed E-state index contributed by atoms with van der Waals surface area (Å²) in [6, 6.07) is 11.9. The number of methoxy groups -OCH3 is 1. The number of carbonyl (C=O) groups is 1. The summed E-state index contributed by atoms with van der Waals surface area (Å²) in [5.74, 6) is 1.09. The van der Waals surface area contributed by atoms with E-state index in [-0.39, 0.29) is 17.9 Å².